The highest BCUT2D eigenvalue weighted by Crippen LogP contribution is 2.40. The first-order chi connectivity index (χ1) is 9.93. The minimum absolute atomic E-state index is 0.223. The van der Waals surface area contributed by atoms with Gasteiger partial charge in [-0.2, -0.15) is 0 Å². The number of hydrogen-bond acceptors (Lipinski definition) is 6. The van der Waals surface area contributed by atoms with Gasteiger partial charge < -0.3 is 9.47 Å². The first-order valence-electron chi connectivity index (χ1n) is 7.45. The van der Waals surface area contributed by atoms with Crippen LogP contribution in [-0.4, -0.2) is 29.3 Å². The number of ketones is 2. The monoisotopic (exact) mass is 310 g/mol. The maximum Gasteiger partial charge on any atom is 0.323 e. The number of rotatable bonds is 2. The molecule has 0 bridgehead atoms. The van der Waals surface area contributed by atoms with Gasteiger partial charge in [-0.15, -0.1) is 0 Å². The van der Waals surface area contributed by atoms with Crippen molar-refractivity contribution in [1.29, 1.82) is 0 Å². The maximum atomic E-state index is 12.3. The molecule has 1 atom stereocenters. The molecule has 1 saturated heterocycles. The first-order valence-corrected chi connectivity index (χ1v) is 7.45. The largest absolute Gasteiger partial charge is 0.422 e. The minimum atomic E-state index is -1.31. The molecule has 6 heteroatoms. The van der Waals surface area contributed by atoms with Crippen LogP contribution in [0.2, 0.25) is 0 Å². The SMILES string of the molecule is C[C@@H](C1C(=O)CC(C)(C)CC1=O)C1C(=O)OC(C)(C)OC1=O. The van der Waals surface area contributed by atoms with Crippen LogP contribution in [0.4, 0.5) is 0 Å². The Bertz CT molecular complexity index is 457. The fourth-order valence-electron chi connectivity index (χ4n) is 3.34. The fraction of sp³-hybridized carbons (Fsp3) is 0.750. The van der Waals surface area contributed by atoms with E-state index < -0.39 is 35.5 Å². The predicted molar refractivity (Wildman–Crippen MR) is 75.4 cm³/mol. The van der Waals surface area contributed by atoms with Crippen molar-refractivity contribution in [3.63, 3.8) is 0 Å². The summed E-state index contributed by atoms with van der Waals surface area (Å²) in [6.07, 6.45) is 0.520. The molecule has 122 valence electrons. The molecule has 0 aromatic carbocycles. The van der Waals surface area contributed by atoms with Crippen LogP contribution in [0, 0.1) is 23.2 Å². The quantitative estimate of drug-likeness (QED) is 0.569. The lowest BCUT2D eigenvalue weighted by molar-refractivity contribution is -0.242. The second-order valence-electron chi connectivity index (χ2n) is 7.51. The van der Waals surface area contributed by atoms with Crippen molar-refractivity contribution in [3.05, 3.63) is 0 Å². The van der Waals surface area contributed by atoms with Crippen LogP contribution >= 0.6 is 0 Å². The number of carbonyl (C=O) groups is 4. The molecule has 0 radical (unpaired) electrons. The fourth-order valence-corrected chi connectivity index (χ4v) is 3.34. The van der Waals surface area contributed by atoms with E-state index >= 15 is 0 Å². The average molecular weight is 310 g/mol. The molecule has 1 saturated carbocycles. The maximum absolute atomic E-state index is 12.3. The minimum Gasteiger partial charge on any atom is -0.422 e. The van der Waals surface area contributed by atoms with E-state index in [4.69, 9.17) is 9.47 Å². The van der Waals surface area contributed by atoms with Crippen LogP contribution in [0.25, 0.3) is 0 Å². The summed E-state index contributed by atoms with van der Waals surface area (Å²) >= 11 is 0. The number of cyclic esters (lactones) is 2. The van der Waals surface area contributed by atoms with Crippen molar-refractivity contribution >= 4 is 23.5 Å². The van der Waals surface area contributed by atoms with Gasteiger partial charge in [0.05, 0.1) is 5.92 Å². The van der Waals surface area contributed by atoms with E-state index in [9.17, 15) is 19.2 Å². The van der Waals surface area contributed by atoms with Gasteiger partial charge in [0.25, 0.3) is 5.79 Å². The van der Waals surface area contributed by atoms with E-state index in [2.05, 4.69) is 0 Å². The summed E-state index contributed by atoms with van der Waals surface area (Å²) < 4.78 is 10.2. The summed E-state index contributed by atoms with van der Waals surface area (Å²) in [6, 6.07) is 0. The van der Waals surface area contributed by atoms with E-state index in [0.29, 0.717) is 0 Å². The summed E-state index contributed by atoms with van der Waals surface area (Å²) in [6.45, 7) is 8.20. The molecule has 22 heavy (non-hydrogen) atoms. The molecule has 6 nitrogen and oxygen atoms in total. The van der Waals surface area contributed by atoms with E-state index in [0.717, 1.165) is 0 Å². The van der Waals surface area contributed by atoms with Crippen LogP contribution in [0.1, 0.15) is 47.5 Å². The molecule has 0 aromatic rings. The highest BCUT2D eigenvalue weighted by atomic mass is 16.7. The molecule has 1 heterocycles. The second-order valence-corrected chi connectivity index (χ2v) is 7.51. The van der Waals surface area contributed by atoms with Gasteiger partial charge in [0.15, 0.2) is 5.92 Å². The molecule has 2 rings (SSSR count). The number of carbonyl (C=O) groups excluding carboxylic acids is 4. The Morgan fingerprint density at radius 2 is 1.27 bits per heavy atom. The number of hydrogen-bond donors (Lipinski definition) is 0. The van der Waals surface area contributed by atoms with Crippen LogP contribution in [0.15, 0.2) is 0 Å². The van der Waals surface area contributed by atoms with Crippen molar-refractivity contribution in [2.45, 2.75) is 53.2 Å². The summed E-state index contributed by atoms with van der Waals surface area (Å²) in [5.74, 6) is -6.16. The molecule has 0 unspecified atom stereocenters. The number of ether oxygens (including phenoxy) is 2. The van der Waals surface area contributed by atoms with Crippen molar-refractivity contribution < 1.29 is 28.7 Å². The Hall–Kier alpha value is -1.72. The Morgan fingerprint density at radius 3 is 1.68 bits per heavy atom. The van der Waals surface area contributed by atoms with E-state index in [1.165, 1.54) is 13.8 Å². The second kappa shape index (κ2) is 5.18. The molecule has 2 aliphatic rings. The Labute approximate surface area is 129 Å². The van der Waals surface area contributed by atoms with Crippen molar-refractivity contribution in [3.8, 4) is 0 Å². The van der Waals surface area contributed by atoms with Crippen molar-refractivity contribution in [2.24, 2.45) is 23.2 Å². The van der Waals surface area contributed by atoms with Crippen LogP contribution < -0.4 is 0 Å². The number of esters is 2. The van der Waals surface area contributed by atoms with Crippen molar-refractivity contribution in [2.75, 3.05) is 0 Å². The van der Waals surface area contributed by atoms with E-state index in [1.54, 1.807) is 6.92 Å². The molecule has 1 aliphatic carbocycles. The standard InChI is InChI=1S/C16H22O6/c1-8(11-9(17)6-15(2,3)7-10(11)18)12-13(19)21-16(4,5)22-14(12)20/h8,11-12H,6-7H2,1-5H3/t8-/m0/s1. The predicted octanol–water partition coefficient (Wildman–Crippen LogP) is 1.65. The topological polar surface area (TPSA) is 86.7 Å². The van der Waals surface area contributed by atoms with Gasteiger partial charge in [-0.05, 0) is 11.3 Å². The third kappa shape index (κ3) is 3.05. The molecular formula is C16H22O6. The van der Waals surface area contributed by atoms with Gasteiger partial charge in [0, 0.05) is 26.7 Å². The third-order valence-electron chi connectivity index (χ3n) is 4.25. The smallest absolute Gasteiger partial charge is 0.323 e. The van der Waals surface area contributed by atoms with Gasteiger partial charge in [0.1, 0.15) is 11.6 Å². The lowest BCUT2D eigenvalue weighted by Crippen LogP contribution is -2.52. The van der Waals surface area contributed by atoms with E-state index in [1.807, 2.05) is 13.8 Å². The van der Waals surface area contributed by atoms with E-state index in [-0.39, 0.29) is 29.8 Å². The molecule has 0 amide bonds. The Morgan fingerprint density at radius 1 is 0.864 bits per heavy atom. The van der Waals surface area contributed by atoms with Gasteiger partial charge in [-0.3, -0.25) is 19.2 Å². The summed E-state index contributed by atoms with van der Waals surface area (Å²) in [4.78, 5) is 48.8. The zero-order chi connectivity index (χ0) is 16.9. The van der Waals surface area contributed by atoms with Crippen molar-refractivity contribution in [1.82, 2.24) is 0 Å². The van der Waals surface area contributed by atoms with Crippen LogP contribution in [-0.2, 0) is 28.7 Å². The van der Waals surface area contributed by atoms with Gasteiger partial charge >= 0.3 is 11.9 Å². The molecule has 1 aliphatic heterocycles. The lowest BCUT2D eigenvalue weighted by atomic mass is 9.66. The molecule has 0 aromatic heterocycles. The zero-order valence-electron chi connectivity index (χ0n) is 13.6. The Kier molecular flexibility index (Phi) is 3.92. The zero-order valence-corrected chi connectivity index (χ0v) is 13.6. The molecule has 2 fully saturated rings. The van der Waals surface area contributed by atoms with Gasteiger partial charge in [-0.25, -0.2) is 0 Å². The normalized spacial score (nSPS) is 27.3. The van der Waals surface area contributed by atoms with Crippen LogP contribution in [0.5, 0.6) is 0 Å². The molecule has 0 spiro atoms. The Balaban J connectivity index is 2.23. The summed E-state index contributed by atoms with van der Waals surface area (Å²) in [5, 5.41) is 0. The lowest BCUT2D eigenvalue weighted by Gasteiger charge is -2.39. The first kappa shape index (κ1) is 16.6. The molecule has 0 N–H and O–H groups in total. The summed E-state index contributed by atoms with van der Waals surface area (Å²) in [5.41, 5.74) is -0.375. The summed E-state index contributed by atoms with van der Waals surface area (Å²) in [7, 11) is 0. The highest BCUT2D eigenvalue weighted by Gasteiger charge is 2.52. The number of Topliss-reactive ketones (excluding diaryl/α,β-unsaturated/α-hetero) is 2. The highest BCUT2D eigenvalue weighted by molar-refractivity contribution is 6.07. The van der Waals surface area contributed by atoms with Gasteiger partial charge in [0.2, 0.25) is 0 Å². The third-order valence-corrected chi connectivity index (χ3v) is 4.25. The average Bonchev–Trinajstić information content (AvgIpc) is 2.21. The van der Waals surface area contributed by atoms with Crippen LogP contribution in [0.3, 0.4) is 0 Å². The van der Waals surface area contributed by atoms with Gasteiger partial charge in [-0.1, -0.05) is 20.8 Å². The molecular weight excluding hydrogens is 288 g/mol.